The van der Waals surface area contributed by atoms with Gasteiger partial charge in [0.15, 0.2) is 0 Å². The fraction of sp³-hybridized carbons (Fsp3) is 0.750. The first-order valence-electron chi connectivity index (χ1n) is 8.56. The molecule has 22 heavy (non-hydrogen) atoms. The van der Waals surface area contributed by atoms with E-state index in [1.54, 1.807) is 27.7 Å². The van der Waals surface area contributed by atoms with Gasteiger partial charge in [-0.05, 0) is 27.7 Å². The zero-order valence-corrected chi connectivity index (χ0v) is 14.2. The average molecular weight is 335 g/mol. The van der Waals surface area contributed by atoms with Crippen molar-refractivity contribution >= 4 is 22.9 Å². The first kappa shape index (κ1) is 12.3. The molecule has 10 heteroatoms. The predicted molar refractivity (Wildman–Crippen MR) is 82.5 cm³/mol. The Bertz CT molecular complexity index is 791. The Kier molecular flexibility index (Phi) is 2.93. The van der Waals surface area contributed by atoms with Crippen LogP contribution in [0.1, 0.15) is 33.2 Å². The minimum Gasteiger partial charge on any atom is -0.467 e. The molecule has 1 aromatic rings. The molecule has 0 bridgehead atoms. The highest BCUT2D eigenvalue weighted by molar-refractivity contribution is 7.87. The minimum absolute atomic E-state index is 0.187. The molecule has 0 aromatic carbocycles. The summed E-state index contributed by atoms with van der Waals surface area (Å²) in [5.41, 5.74) is -1.69. The summed E-state index contributed by atoms with van der Waals surface area (Å²) in [6.07, 6.45) is -0.601. The fourth-order valence-electron chi connectivity index (χ4n) is 1.77. The van der Waals surface area contributed by atoms with Crippen molar-refractivity contribution in [3.05, 3.63) is 6.17 Å². The Morgan fingerprint density at radius 1 is 1.36 bits per heavy atom. The van der Waals surface area contributed by atoms with E-state index >= 15 is 0 Å². The first-order valence-corrected chi connectivity index (χ1v) is 7.96. The van der Waals surface area contributed by atoms with Crippen molar-refractivity contribution in [3.8, 4) is 6.01 Å². The zero-order valence-electron chi connectivity index (χ0n) is 17.4. The number of hydrogen-bond acceptors (Lipinski definition) is 6. The van der Waals surface area contributed by atoms with Gasteiger partial charge >= 0.3 is 23.3 Å². The van der Waals surface area contributed by atoms with Gasteiger partial charge in [-0.1, -0.05) is 0 Å². The number of nitrogens with zero attached hydrogens (tertiary/aromatic N) is 3. The molecular formula is C12H22BN3O5S. The normalized spacial score (nSPS) is 23.9. The summed E-state index contributed by atoms with van der Waals surface area (Å²) in [5.74, 6) is 0. The molecule has 1 aliphatic heterocycles. The van der Waals surface area contributed by atoms with Crippen molar-refractivity contribution in [2.24, 2.45) is 0 Å². The summed E-state index contributed by atoms with van der Waals surface area (Å²) < 4.78 is 72.4. The minimum atomic E-state index is -4.26. The second-order valence-corrected chi connectivity index (χ2v) is 8.13. The highest BCUT2D eigenvalue weighted by atomic mass is 32.2. The summed E-state index contributed by atoms with van der Waals surface area (Å²) in [6, 6.07) is -0.756. The van der Waals surface area contributed by atoms with Crippen molar-refractivity contribution in [1.29, 1.82) is 0 Å². The van der Waals surface area contributed by atoms with Crippen LogP contribution in [0.4, 0.5) is 0 Å². The fourth-order valence-corrected chi connectivity index (χ4v) is 2.58. The van der Waals surface area contributed by atoms with Crippen LogP contribution in [0.3, 0.4) is 0 Å². The summed E-state index contributed by atoms with van der Waals surface area (Å²) in [5, 5.41) is 0. The molecule has 0 aliphatic carbocycles. The summed E-state index contributed by atoms with van der Waals surface area (Å²) >= 11 is 0. The lowest BCUT2D eigenvalue weighted by atomic mass is 9.86. The molecular weight excluding hydrogens is 309 g/mol. The molecule has 0 amide bonds. The van der Waals surface area contributed by atoms with Gasteiger partial charge in [0.1, 0.15) is 0 Å². The largest absolute Gasteiger partial charge is 0.516 e. The van der Waals surface area contributed by atoms with E-state index in [1.165, 1.54) is 14.1 Å². The van der Waals surface area contributed by atoms with Gasteiger partial charge in [0.25, 0.3) is 0 Å². The maximum absolute atomic E-state index is 12.5. The maximum Gasteiger partial charge on any atom is 0.516 e. The second kappa shape index (κ2) is 5.22. The topological polar surface area (TPSA) is 82.9 Å². The average Bonchev–Trinajstić information content (AvgIpc) is 2.82. The van der Waals surface area contributed by atoms with E-state index in [2.05, 4.69) is 4.98 Å². The van der Waals surface area contributed by atoms with Crippen LogP contribution < -0.4 is 10.3 Å². The third-order valence-corrected chi connectivity index (χ3v) is 5.50. The van der Waals surface area contributed by atoms with Gasteiger partial charge in [0.05, 0.1) is 29.3 Å². The molecule has 0 spiro atoms. The van der Waals surface area contributed by atoms with Crippen molar-refractivity contribution in [1.82, 2.24) is 13.3 Å². The SMILES string of the molecule is [2H]c1c(B2OC(C)(C)C(C)(C)O2)nc(OC([2H])([2H])[2H])n1S(=O)(=O)N(C)C. The van der Waals surface area contributed by atoms with Crippen LogP contribution in [0.5, 0.6) is 6.01 Å². The molecule has 2 rings (SSSR count). The highest BCUT2D eigenvalue weighted by Gasteiger charge is 2.53. The lowest BCUT2D eigenvalue weighted by Crippen LogP contribution is -2.41. The van der Waals surface area contributed by atoms with Crippen molar-refractivity contribution in [3.63, 3.8) is 0 Å². The van der Waals surface area contributed by atoms with Crippen LogP contribution in [-0.2, 0) is 19.5 Å². The number of aromatic nitrogens is 2. The number of methoxy groups -OCH3 is 1. The van der Waals surface area contributed by atoms with Gasteiger partial charge in [-0.3, -0.25) is 0 Å². The van der Waals surface area contributed by atoms with Crippen molar-refractivity contribution in [2.45, 2.75) is 38.9 Å². The summed E-state index contributed by atoms with van der Waals surface area (Å²) in [6.45, 7) is 7.13. The molecule has 1 aliphatic rings. The maximum atomic E-state index is 12.5. The molecule has 0 saturated carbocycles. The molecule has 0 radical (unpaired) electrons. The van der Waals surface area contributed by atoms with Crippen molar-refractivity contribution < 1.29 is 27.9 Å². The van der Waals surface area contributed by atoms with Crippen LogP contribution in [0.25, 0.3) is 0 Å². The molecule has 2 heterocycles. The predicted octanol–water partition coefficient (Wildman–Crippen LogP) is -0.155. The van der Waals surface area contributed by atoms with Crippen LogP contribution in [0.2, 0.25) is 0 Å². The smallest absolute Gasteiger partial charge is 0.467 e. The monoisotopic (exact) mass is 335 g/mol. The van der Waals surface area contributed by atoms with Gasteiger partial charge in [0.2, 0.25) is 0 Å². The third-order valence-electron chi connectivity index (χ3n) is 3.87. The molecule has 0 unspecified atom stereocenters. The molecule has 0 N–H and O–H groups in total. The van der Waals surface area contributed by atoms with Gasteiger partial charge in [-0.15, -0.1) is 0 Å². The van der Waals surface area contributed by atoms with Crippen LogP contribution >= 0.6 is 0 Å². The number of rotatable bonds is 4. The van der Waals surface area contributed by atoms with Gasteiger partial charge in [0, 0.05) is 20.3 Å². The Hall–Kier alpha value is -1.10. The number of imidazole rings is 1. The lowest BCUT2D eigenvalue weighted by Gasteiger charge is -2.32. The van der Waals surface area contributed by atoms with E-state index < -0.39 is 47.8 Å². The Morgan fingerprint density at radius 2 is 1.91 bits per heavy atom. The van der Waals surface area contributed by atoms with E-state index in [1.807, 2.05) is 0 Å². The van der Waals surface area contributed by atoms with E-state index in [-0.39, 0.29) is 5.59 Å². The summed E-state index contributed by atoms with van der Waals surface area (Å²) in [4.78, 5) is 3.89. The molecule has 124 valence electrons. The first-order chi connectivity index (χ1) is 11.5. The Labute approximate surface area is 137 Å². The third kappa shape index (κ3) is 2.64. The Morgan fingerprint density at radius 3 is 2.36 bits per heavy atom. The van der Waals surface area contributed by atoms with E-state index in [9.17, 15) is 8.42 Å². The molecule has 1 fully saturated rings. The molecule has 8 nitrogen and oxygen atoms in total. The molecule has 1 aromatic heterocycles. The van der Waals surface area contributed by atoms with Gasteiger partial charge in [-0.25, -0.2) is 4.98 Å². The van der Waals surface area contributed by atoms with Crippen LogP contribution in [0, 0.1) is 0 Å². The number of ether oxygens (including phenoxy) is 1. The summed E-state index contributed by atoms with van der Waals surface area (Å²) in [7, 11) is -5.89. The van der Waals surface area contributed by atoms with Crippen LogP contribution in [-0.4, -0.2) is 61.1 Å². The zero-order chi connectivity index (χ0) is 20.3. The Balaban J connectivity index is 2.61. The molecule has 0 atom stereocenters. The lowest BCUT2D eigenvalue weighted by molar-refractivity contribution is 0.00578. The standard InChI is InChI=1S/C12H22BN3O5S/c1-11(2)12(3,4)21-13(20-11)9-8-16(10(14-9)19-7)22(17,18)15(5)6/h8H,1-7H3/i7D3,8D. The second-order valence-electron chi connectivity index (χ2n) is 6.14. The van der Waals surface area contributed by atoms with Gasteiger partial charge < -0.3 is 14.0 Å². The molecule has 1 saturated heterocycles. The van der Waals surface area contributed by atoms with E-state index in [0.717, 1.165) is 4.31 Å². The highest BCUT2D eigenvalue weighted by Crippen LogP contribution is 2.36. The number of hydrogen-bond donors (Lipinski definition) is 0. The van der Waals surface area contributed by atoms with Gasteiger partial charge in [-0.2, -0.15) is 16.7 Å². The van der Waals surface area contributed by atoms with Crippen molar-refractivity contribution in [2.75, 3.05) is 21.1 Å². The van der Waals surface area contributed by atoms with E-state index in [0.29, 0.717) is 3.97 Å². The quantitative estimate of drug-likeness (QED) is 0.712. The van der Waals surface area contributed by atoms with E-state index in [4.69, 9.17) is 19.5 Å². The van der Waals surface area contributed by atoms with Crippen LogP contribution in [0.15, 0.2) is 6.17 Å².